The van der Waals surface area contributed by atoms with Gasteiger partial charge in [-0.1, -0.05) is 15.9 Å². The second kappa shape index (κ2) is 6.81. The Morgan fingerprint density at radius 1 is 1.42 bits per heavy atom. The SMILES string of the molecule is COCCN(C)S(=O)(=O)c1cc(CO)cc(Br)c1C. The van der Waals surface area contributed by atoms with Gasteiger partial charge in [0.25, 0.3) is 0 Å². The summed E-state index contributed by atoms with van der Waals surface area (Å²) in [6.45, 7) is 2.13. The Kier molecular flexibility index (Phi) is 5.94. The van der Waals surface area contributed by atoms with Crippen LogP contribution < -0.4 is 0 Å². The van der Waals surface area contributed by atoms with E-state index in [0.29, 0.717) is 22.2 Å². The number of aliphatic hydroxyl groups excluding tert-OH is 1. The fraction of sp³-hybridized carbons (Fsp3) is 0.500. The van der Waals surface area contributed by atoms with E-state index in [1.54, 1.807) is 13.0 Å². The van der Waals surface area contributed by atoms with E-state index in [2.05, 4.69) is 15.9 Å². The number of ether oxygens (including phenoxy) is 1. The van der Waals surface area contributed by atoms with E-state index < -0.39 is 10.0 Å². The minimum atomic E-state index is -3.58. The second-order valence-corrected chi connectivity index (χ2v) is 7.05. The van der Waals surface area contributed by atoms with Gasteiger partial charge < -0.3 is 9.84 Å². The highest BCUT2D eigenvalue weighted by Gasteiger charge is 2.24. The average molecular weight is 352 g/mol. The first-order valence-corrected chi connectivity index (χ1v) is 7.93. The van der Waals surface area contributed by atoms with Crippen LogP contribution in [0.5, 0.6) is 0 Å². The van der Waals surface area contributed by atoms with Crippen molar-refractivity contribution in [1.29, 1.82) is 0 Å². The van der Waals surface area contributed by atoms with Crippen molar-refractivity contribution in [3.8, 4) is 0 Å². The molecule has 5 nitrogen and oxygen atoms in total. The maximum Gasteiger partial charge on any atom is 0.243 e. The van der Waals surface area contributed by atoms with E-state index in [1.165, 1.54) is 24.5 Å². The molecule has 0 bridgehead atoms. The predicted molar refractivity (Wildman–Crippen MR) is 76.5 cm³/mol. The largest absolute Gasteiger partial charge is 0.392 e. The normalized spacial score (nSPS) is 12.1. The number of nitrogens with zero attached hydrogens (tertiary/aromatic N) is 1. The standard InChI is InChI=1S/C12H18BrNO4S/c1-9-11(13)6-10(8-15)7-12(9)19(16,17)14(2)4-5-18-3/h6-7,15H,4-5,8H2,1-3H3. The number of benzene rings is 1. The Bertz CT molecular complexity index is 545. The van der Waals surface area contributed by atoms with Crippen molar-refractivity contribution in [3.63, 3.8) is 0 Å². The zero-order valence-corrected chi connectivity index (χ0v) is 13.6. The highest BCUT2D eigenvalue weighted by molar-refractivity contribution is 9.10. The maximum absolute atomic E-state index is 12.4. The summed E-state index contributed by atoms with van der Waals surface area (Å²) in [5.74, 6) is 0. The quantitative estimate of drug-likeness (QED) is 0.843. The van der Waals surface area contributed by atoms with Gasteiger partial charge in [0.1, 0.15) is 0 Å². The first-order valence-electron chi connectivity index (χ1n) is 5.69. The summed E-state index contributed by atoms with van der Waals surface area (Å²) in [6.07, 6.45) is 0. The molecule has 19 heavy (non-hydrogen) atoms. The summed E-state index contributed by atoms with van der Waals surface area (Å²) in [5, 5.41) is 9.17. The summed E-state index contributed by atoms with van der Waals surface area (Å²) in [5.41, 5.74) is 1.18. The Morgan fingerprint density at radius 3 is 2.58 bits per heavy atom. The minimum absolute atomic E-state index is 0.199. The highest BCUT2D eigenvalue weighted by atomic mass is 79.9. The molecule has 0 radical (unpaired) electrons. The van der Waals surface area contributed by atoms with Gasteiger partial charge in [0.2, 0.25) is 10.0 Å². The monoisotopic (exact) mass is 351 g/mol. The molecular formula is C12H18BrNO4S. The van der Waals surface area contributed by atoms with Gasteiger partial charge in [0, 0.05) is 25.2 Å². The summed E-state index contributed by atoms with van der Waals surface area (Å²) < 4.78 is 31.7. The molecule has 0 spiro atoms. The molecule has 0 saturated heterocycles. The molecule has 1 rings (SSSR count). The van der Waals surface area contributed by atoms with Crippen molar-refractivity contribution >= 4 is 26.0 Å². The molecule has 0 unspecified atom stereocenters. The number of sulfonamides is 1. The van der Waals surface area contributed by atoms with Crippen LogP contribution in [-0.4, -0.2) is 45.1 Å². The van der Waals surface area contributed by atoms with E-state index in [-0.39, 0.29) is 18.0 Å². The number of methoxy groups -OCH3 is 1. The van der Waals surface area contributed by atoms with Crippen LogP contribution in [0.15, 0.2) is 21.5 Å². The first-order chi connectivity index (χ1) is 8.84. The summed E-state index contributed by atoms with van der Waals surface area (Å²) in [7, 11) is -0.555. The van der Waals surface area contributed by atoms with Crippen LogP contribution in [0.25, 0.3) is 0 Å². The van der Waals surface area contributed by atoms with E-state index in [4.69, 9.17) is 4.74 Å². The van der Waals surface area contributed by atoms with Gasteiger partial charge in [0.15, 0.2) is 0 Å². The third-order valence-electron chi connectivity index (χ3n) is 2.84. The number of hydrogen-bond donors (Lipinski definition) is 1. The highest BCUT2D eigenvalue weighted by Crippen LogP contribution is 2.27. The van der Waals surface area contributed by atoms with Crippen LogP contribution in [0.3, 0.4) is 0 Å². The van der Waals surface area contributed by atoms with E-state index in [0.717, 1.165) is 0 Å². The third kappa shape index (κ3) is 3.76. The summed E-state index contributed by atoms with van der Waals surface area (Å²) in [6, 6.07) is 3.21. The molecule has 1 aromatic rings. The molecule has 0 saturated carbocycles. The molecule has 0 aromatic heterocycles. The first kappa shape index (κ1) is 16.6. The molecule has 0 amide bonds. The number of rotatable bonds is 6. The number of likely N-dealkylation sites (N-methyl/N-ethyl adjacent to an activating group) is 1. The summed E-state index contributed by atoms with van der Waals surface area (Å²) in [4.78, 5) is 0.199. The molecule has 1 aromatic carbocycles. The lowest BCUT2D eigenvalue weighted by Crippen LogP contribution is -2.30. The smallest absolute Gasteiger partial charge is 0.243 e. The van der Waals surface area contributed by atoms with Crippen molar-refractivity contribution in [1.82, 2.24) is 4.31 Å². The van der Waals surface area contributed by atoms with Gasteiger partial charge >= 0.3 is 0 Å². The van der Waals surface area contributed by atoms with Crippen molar-refractivity contribution in [2.45, 2.75) is 18.4 Å². The van der Waals surface area contributed by atoms with Crippen molar-refractivity contribution in [2.24, 2.45) is 0 Å². The Labute approximate surface area is 122 Å². The number of aliphatic hydroxyl groups is 1. The number of hydrogen-bond acceptors (Lipinski definition) is 4. The third-order valence-corrected chi connectivity index (χ3v) is 5.64. The second-order valence-electron chi connectivity index (χ2n) is 4.18. The van der Waals surface area contributed by atoms with Crippen LogP contribution in [-0.2, 0) is 21.4 Å². The maximum atomic E-state index is 12.4. The van der Waals surface area contributed by atoms with E-state index >= 15 is 0 Å². The lowest BCUT2D eigenvalue weighted by Gasteiger charge is -2.19. The molecule has 0 fully saturated rings. The van der Waals surface area contributed by atoms with Crippen LogP contribution in [0.2, 0.25) is 0 Å². The van der Waals surface area contributed by atoms with Crippen LogP contribution >= 0.6 is 15.9 Å². The molecule has 1 N–H and O–H groups in total. The van der Waals surface area contributed by atoms with Crippen LogP contribution in [0, 0.1) is 6.92 Å². The van der Waals surface area contributed by atoms with Gasteiger partial charge in [-0.25, -0.2) is 8.42 Å². The van der Waals surface area contributed by atoms with Crippen molar-refractivity contribution in [2.75, 3.05) is 27.3 Å². The molecule has 0 heterocycles. The zero-order valence-electron chi connectivity index (χ0n) is 11.2. The molecule has 7 heteroatoms. The summed E-state index contributed by atoms with van der Waals surface area (Å²) >= 11 is 3.31. The molecular weight excluding hydrogens is 334 g/mol. The Balaban J connectivity index is 3.24. The van der Waals surface area contributed by atoms with Gasteiger partial charge in [0.05, 0.1) is 18.1 Å². The lowest BCUT2D eigenvalue weighted by molar-refractivity contribution is 0.185. The Hall–Kier alpha value is -0.470. The van der Waals surface area contributed by atoms with Crippen molar-refractivity contribution < 1.29 is 18.3 Å². The fourth-order valence-corrected chi connectivity index (χ4v) is 3.66. The van der Waals surface area contributed by atoms with Gasteiger partial charge in [-0.3, -0.25) is 0 Å². The zero-order chi connectivity index (χ0) is 14.6. The van der Waals surface area contributed by atoms with E-state index in [9.17, 15) is 13.5 Å². The van der Waals surface area contributed by atoms with Gasteiger partial charge in [-0.2, -0.15) is 4.31 Å². The van der Waals surface area contributed by atoms with E-state index in [1.807, 2.05) is 0 Å². The molecule has 0 aliphatic carbocycles. The van der Waals surface area contributed by atoms with Crippen molar-refractivity contribution in [3.05, 3.63) is 27.7 Å². The van der Waals surface area contributed by atoms with Crippen LogP contribution in [0.4, 0.5) is 0 Å². The molecule has 108 valence electrons. The lowest BCUT2D eigenvalue weighted by atomic mass is 10.2. The van der Waals surface area contributed by atoms with Gasteiger partial charge in [-0.15, -0.1) is 0 Å². The fourth-order valence-electron chi connectivity index (χ4n) is 1.57. The average Bonchev–Trinajstić information content (AvgIpc) is 2.38. The van der Waals surface area contributed by atoms with Crippen LogP contribution in [0.1, 0.15) is 11.1 Å². The number of halogens is 1. The van der Waals surface area contributed by atoms with Gasteiger partial charge in [-0.05, 0) is 30.2 Å². The minimum Gasteiger partial charge on any atom is -0.392 e. The topological polar surface area (TPSA) is 66.8 Å². The predicted octanol–water partition coefficient (Wildman–Crippen LogP) is 1.52. The molecule has 0 aliphatic heterocycles. The molecule has 0 aliphatic rings. The molecule has 0 atom stereocenters. The Morgan fingerprint density at radius 2 is 2.05 bits per heavy atom.